The molecule has 0 aliphatic rings. The van der Waals surface area contributed by atoms with Gasteiger partial charge in [0.2, 0.25) is 11.6 Å². The van der Waals surface area contributed by atoms with E-state index in [4.69, 9.17) is 5.53 Å². The highest BCUT2D eigenvalue weighted by Crippen LogP contribution is 1.76. The Morgan fingerprint density at radius 1 is 1.22 bits per heavy atom. The smallest absolute Gasteiger partial charge is 0.360 e. The summed E-state index contributed by atoms with van der Waals surface area (Å²) in [6.07, 6.45) is 0. The molecule has 9 heavy (non-hydrogen) atoms. The molecule has 0 N–H and O–H groups in total. The van der Waals surface area contributed by atoms with Crippen molar-refractivity contribution in [3.63, 3.8) is 0 Å². The van der Waals surface area contributed by atoms with Crippen molar-refractivity contribution >= 4 is 17.3 Å². The number of ketones is 2. The van der Waals surface area contributed by atoms with Crippen LogP contribution in [0.3, 0.4) is 0 Å². The highest BCUT2D eigenvalue weighted by Gasteiger charge is 2.19. The number of carbonyl (C=O) groups excluding carboxylic acids is 2. The molecule has 0 amide bonds. The van der Waals surface area contributed by atoms with Gasteiger partial charge in [-0.2, -0.15) is 4.79 Å². The van der Waals surface area contributed by atoms with Gasteiger partial charge in [0, 0.05) is 13.8 Å². The summed E-state index contributed by atoms with van der Waals surface area (Å²) in [4.78, 5) is 23.1. The minimum atomic E-state index is -0.523. The zero-order chi connectivity index (χ0) is 7.44. The highest BCUT2D eigenvalue weighted by molar-refractivity contribution is 6.63. The van der Waals surface area contributed by atoms with E-state index in [1.807, 2.05) is 0 Å². The van der Waals surface area contributed by atoms with Crippen molar-refractivity contribution in [2.45, 2.75) is 13.8 Å². The first kappa shape index (κ1) is 7.72. The van der Waals surface area contributed by atoms with Gasteiger partial charge in [0.25, 0.3) is 0 Å². The molecular weight excluding hydrogens is 120 g/mol. The highest BCUT2D eigenvalue weighted by atomic mass is 16.1. The van der Waals surface area contributed by atoms with Crippen molar-refractivity contribution in [3.05, 3.63) is 5.53 Å². The monoisotopic (exact) mass is 126 g/mol. The van der Waals surface area contributed by atoms with E-state index in [-0.39, 0.29) is 0 Å². The summed E-state index contributed by atoms with van der Waals surface area (Å²) in [6.45, 7) is 2.33. The van der Waals surface area contributed by atoms with Crippen molar-refractivity contribution in [3.8, 4) is 0 Å². The predicted octanol–water partition coefficient (Wildman–Crippen LogP) is -0.165. The summed E-state index contributed by atoms with van der Waals surface area (Å²) in [5.74, 6) is -1.05. The summed E-state index contributed by atoms with van der Waals surface area (Å²) in [6, 6.07) is 0. The van der Waals surface area contributed by atoms with E-state index in [1.165, 1.54) is 0 Å². The maximum atomic E-state index is 10.3. The molecule has 0 radical (unpaired) electrons. The number of rotatable bonds is 2. The van der Waals surface area contributed by atoms with Crippen LogP contribution in [-0.2, 0) is 9.59 Å². The van der Waals surface area contributed by atoms with E-state index in [9.17, 15) is 9.59 Å². The van der Waals surface area contributed by atoms with Crippen LogP contribution >= 0.6 is 0 Å². The molecule has 0 saturated heterocycles. The van der Waals surface area contributed by atoms with E-state index < -0.39 is 17.3 Å². The van der Waals surface area contributed by atoms with Gasteiger partial charge >= 0.3 is 5.71 Å². The van der Waals surface area contributed by atoms with Gasteiger partial charge in [-0.1, -0.05) is 0 Å². The van der Waals surface area contributed by atoms with Gasteiger partial charge in [-0.15, -0.1) is 0 Å². The zero-order valence-corrected chi connectivity index (χ0v) is 5.21. The third-order valence-electron chi connectivity index (χ3n) is 0.767. The molecule has 0 aliphatic heterocycles. The SMILES string of the molecule is CC(=O)C(=[N+]=[N-])C(C)=O. The standard InChI is InChI=1S/C5H6N2O2/c1-3(8)5(7-6)4(2)9/h1-2H3. The van der Waals surface area contributed by atoms with Crippen molar-refractivity contribution in [2.24, 2.45) is 0 Å². The largest absolute Gasteiger partial charge is 0.399 e. The molecule has 0 bridgehead atoms. The lowest BCUT2D eigenvalue weighted by Crippen LogP contribution is -2.19. The summed E-state index contributed by atoms with van der Waals surface area (Å²) >= 11 is 0. The van der Waals surface area contributed by atoms with E-state index in [0.29, 0.717) is 0 Å². The van der Waals surface area contributed by atoms with E-state index in [0.717, 1.165) is 13.8 Å². The van der Waals surface area contributed by atoms with Crippen molar-refractivity contribution in [1.29, 1.82) is 0 Å². The van der Waals surface area contributed by atoms with Gasteiger partial charge in [-0.3, -0.25) is 9.59 Å². The molecule has 4 heteroatoms. The van der Waals surface area contributed by atoms with Gasteiger partial charge < -0.3 is 5.53 Å². The molecule has 0 heterocycles. The zero-order valence-electron chi connectivity index (χ0n) is 5.21. The Morgan fingerprint density at radius 3 is 1.56 bits per heavy atom. The molecule has 0 aromatic heterocycles. The molecule has 0 aliphatic carbocycles. The molecule has 0 atom stereocenters. The Bertz CT molecular complexity index is 185. The number of hydrogen-bond donors (Lipinski definition) is 0. The second kappa shape index (κ2) is 2.89. The number of Topliss-reactive ketones (excluding diaryl/α,β-unsaturated/α-hetero) is 2. The van der Waals surface area contributed by atoms with E-state index in [1.54, 1.807) is 0 Å². The average Bonchev–Trinajstić information content (AvgIpc) is 1.64. The van der Waals surface area contributed by atoms with E-state index in [2.05, 4.69) is 4.79 Å². The Labute approximate surface area is 52.1 Å². The normalized spacial score (nSPS) is 7.78. The van der Waals surface area contributed by atoms with Gasteiger partial charge in [0.05, 0.1) is 0 Å². The molecule has 0 aromatic rings. The van der Waals surface area contributed by atoms with Gasteiger partial charge in [0.15, 0.2) is 0 Å². The molecular formula is C5H6N2O2. The summed E-state index contributed by atoms with van der Waals surface area (Å²) in [7, 11) is 0. The van der Waals surface area contributed by atoms with Crippen LogP contribution in [0.2, 0.25) is 0 Å². The van der Waals surface area contributed by atoms with E-state index >= 15 is 0 Å². The minimum Gasteiger partial charge on any atom is -0.360 e. The summed E-state index contributed by atoms with van der Waals surface area (Å²) < 4.78 is 0. The maximum Gasteiger partial charge on any atom is 0.399 e. The van der Waals surface area contributed by atoms with Gasteiger partial charge in [-0.05, 0) is 0 Å². The topological polar surface area (TPSA) is 70.5 Å². The number of carbonyl (C=O) groups is 2. The molecule has 0 aromatic carbocycles. The Morgan fingerprint density at radius 2 is 1.56 bits per heavy atom. The van der Waals surface area contributed by atoms with Crippen LogP contribution < -0.4 is 0 Å². The lowest BCUT2D eigenvalue weighted by molar-refractivity contribution is -0.122. The van der Waals surface area contributed by atoms with Gasteiger partial charge in [-0.25, -0.2) is 0 Å². The van der Waals surface area contributed by atoms with Crippen LogP contribution in [0.15, 0.2) is 0 Å². The second-order valence-electron chi connectivity index (χ2n) is 1.56. The van der Waals surface area contributed by atoms with Crippen LogP contribution in [-0.4, -0.2) is 22.1 Å². The first-order valence-corrected chi connectivity index (χ1v) is 2.33. The first-order valence-electron chi connectivity index (χ1n) is 2.33. The fourth-order valence-corrected chi connectivity index (χ4v) is 0.389. The maximum absolute atomic E-state index is 10.3. The summed E-state index contributed by atoms with van der Waals surface area (Å²) in [5, 5.41) is 0. The molecule has 4 nitrogen and oxygen atoms in total. The minimum absolute atomic E-state index is 0.407. The Kier molecular flexibility index (Phi) is 2.48. The third-order valence-corrected chi connectivity index (χ3v) is 0.767. The third kappa shape index (κ3) is 1.97. The Balaban J connectivity index is 4.59. The van der Waals surface area contributed by atoms with Crippen LogP contribution in [0.25, 0.3) is 5.53 Å². The number of nitrogens with zero attached hydrogens (tertiary/aromatic N) is 2. The molecule has 0 saturated carbocycles. The fraction of sp³-hybridized carbons (Fsp3) is 0.400. The molecule has 0 unspecified atom stereocenters. The lowest BCUT2D eigenvalue weighted by Gasteiger charge is -1.77. The number of hydrogen-bond acceptors (Lipinski definition) is 2. The van der Waals surface area contributed by atoms with Crippen LogP contribution in [0, 0.1) is 0 Å². The first-order chi connectivity index (χ1) is 4.09. The van der Waals surface area contributed by atoms with Crippen molar-refractivity contribution in [2.75, 3.05) is 0 Å². The molecule has 0 fully saturated rings. The second-order valence-corrected chi connectivity index (χ2v) is 1.56. The van der Waals surface area contributed by atoms with Crippen LogP contribution in [0.5, 0.6) is 0 Å². The lowest BCUT2D eigenvalue weighted by atomic mass is 10.2. The quantitative estimate of drug-likeness (QED) is 0.223. The van der Waals surface area contributed by atoms with Crippen molar-refractivity contribution in [1.82, 2.24) is 0 Å². The molecule has 0 spiro atoms. The van der Waals surface area contributed by atoms with Gasteiger partial charge in [0.1, 0.15) is 0 Å². The predicted molar refractivity (Wildman–Crippen MR) is 30.0 cm³/mol. The fourth-order valence-electron chi connectivity index (χ4n) is 0.389. The summed E-state index contributed by atoms with van der Waals surface area (Å²) in [5.41, 5.74) is 7.61. The molecule has 48 valence electrons. The average molecular weight is 126 g/mol. The van der Waals surface area contributed by atoms with Crippen LogP contribution in [0.1, 0.15) is 13.8 Å². The van der Waals surface area contributed by atoms with Crippen LogP contribution in [0.4, 0.5) is 0 Å². The Hall–Kier alpha value is -1.28. The molecule has 0 rings (SSSR count). The van der Waals surface area contributed by atoms with Crippen molar-refractivity contribution < 1.29 is 14.4 Å².